The molecule has 4 nitrogen and oxygen atoms in total. The highest BCUT2D eigenvalue weighted by atomic mass is 16.7. The molecule has 1 heterocycles. The molecule has 1 fully saturated rings. The van der Waals surface area contributed by atoms with Crippen LogP contribution >= 0.6 is 0 Å². The van der Waals surface area contributed by atoms with E-state index in [0.717, 1.165) is 6.42 Å². The van der Waals surface area contributed by atoms with E-state index in [1.165, 1.54) is 0 Å². The van der Waals surface area contributed by atoms with Gasteiger partial charge in [-0.25, -0.2) is 0 Å². The lowest BCUT2D eigenvalue weighted by Gasteiger charge is -2.24. The van der Waals surface area contributed by atoms with Crippen molar-refractivity contribution in [2.75, 3.05) is 0 Å². The standard InChI is InChI=1S/C10H16O4/c1-4-7(2)9(12)14-10(3)6-5-8(11)13-10/h7H,4-6H2,1-3H3. The van der Waals surface area contributed by atoms with E-state index in [9.17, 15) is 9.59 Å². The third-order valence-electron chi connectivity index (χ3n) is 2.44. The number of carbonyl (C=O) groups is 2. The highest BCUT2D eigenvalue weighted by Crippen LogP contribution is 2.28. The van der Waals surface area contributed by atoms with Crippen LogP contribution in [0.5, 0.6) is 0 Å². The summed E-state index contributed by atoms with van der Waals surface area (Å²) in [6.45, 7) is 5.33. The molecule has 0 saturated carbocycles. The number of rotatable bonds is 3. The summed E-state index contributed by atoms with van der Waals surface area (Å²) in [7, 11) is 0. The van der Waals surface area contributed by atoms with Crippen molar-refractivity contribution < 1.29 is 19.1 Å². The molecular formula is C10H16O4. The molecule has 0 aromatic heterocycles. The van der Waals surface area contributed by atoms with Gasteiger partial charge in [0, 0.05) is 13.3 Å². The van der Waals surface area contributed by atoms with Gasteiger partial charge in [0.2, 0.25) is 0 Å². The van der Waals surface area contributed by atoms with Crippen LogP contribution in [-0.4, -0.2) is 17.7 Å². The Labute approximate surface area is 83.6 Å². The lowest BCUT2D eigenvalue weighted by molar-refractivity contribution is -0.210. The molecule has 4 heteroatoms. The molecule has 1 saturated heterocycles. The topological polar surface area (TPSA) is 52.6 Å². The van der Waals surface area contributed by atoms with E-state index in [2.05, 4.69) is 0 Å². The number of ether oxygens (including phenoxy) is 2. The summed E-state index contributed by atoms with van der Waals surface area (Å²) in [5.74, 6) is -1.78. The van der Waals surface area contributed by atoms with Crippen molar-refractivity contribution in [1.82, 2.24) is 0 Å². The van der Waals surface area contributed by atoms with E-state index < -0.39 is 5.79 Å². The largest absolute Gasteiger partial charge is 0.423 e. The summed E-state index contributed by atoms with van der Waals surface area (Å²) in [5, 5.41) is 0. The van der Waals surface area contributed by atoms with Crippen LogP contribution in [0.15, 0.2) is 0 Å². The first-order valence-corrected chi connectivity index (χ1v) is 4.91. The fourth-order valence-corrected chi connectivity index (χ4v) is 1.22. The van der Waals surface area contributed by atoms with Crippen LogP contribution in [0.3, 0.4) is 0 Å². The fourth-order valence-electron chi connectivity index (χ4n) is 1.22. The third-order valence-corrected chi connectivity index (χ3v) is 2.44. The quantitative estimate of drug-likeness (QED) is 0.650. The Morgan fingerprint density at radius 2 is 2.36 bits per heavy atom. The van der Waals surface area contributed by atoms with Crippen molar-refractivity contribution in [3.63, 3.8) is 0 Å². The van der Waals surface area contributed by atoms with Gasteiger partial charge in [-0.05, 0) is 6.42 Å². The lowest BCUT2D eigenvalue weighted by Crippen LogP contribution is -2.33. The number of hydrogen-bond acceptors (Lipinski definition) is 4. The number of esters is 2. The molecule has 0 aliphatic carbocycles. The second-order valence-corrected chi connectivity index (χ2v) is 3.84. The zero-order chi connectivity index (χ0) is 10.8. The van der Waals surface area contributed by atoms with E-state index in [1.807, 2.05) is 6.92 Å². The van der Waals surface area contributed by atoms with Gasteiger partial charge in [0.05, 0.1) is 12.3 Å². The molecule has 0 spiro atoms. The zero-order valence-electron chi connectivity index (χ0n) is 8.83. The van der Waals surface area contributed by atoms with Crippen LogP contribution in [0, 0.1) is 5.92 Å². The Bertz CT molecular complexity index is 249. The number of cyclic esters (lactones) is 1. The Morgan fingerprint density at radius 1 is 1.71 bits per heavy atom. The monoisotopic (exact) mass is 200 g/mol. The van der Waals surface area contributed by atoms with Crippen LogP contribution in [0.1, 0.15) is 40.0 Å². The van der Waals surface area contributed by atoms with Crippen molar-refractivity contribution in [2.45, 2.75) is 45.8 Å². The molecule has 0 aromatic rings. The Hall–Kier alpha value is -1.06. The summed E-state index contributed by atoms with van der Waals surface area (Å²) in [4.78, 5) is 22.3. The van der Waals surface area contributed by atoms with Gasteiger partial charge in [0.25, 0.3) is 5.79 Å². The molecule has 0 amide bonds. The molecule has 14 heavy (non-hydrogen) atoms. The first-order valence-electron chi connectivity index (χ1n) is 4.91. The highest BCUT2D eigenvalue weighted by Gasteiger charge is 2.40. The minimum absolute atomic E-state index is 0.147. The summed E-state index contributed by atoms with van der Waals surface area (Å²) in [5.41, 5.74) is 0. The first kappa shape index (κ1) is 11.0. The van der Waals surface area contributed by atoms with Crippen LogP contribution < -0.4 is 0 Å². The summed E-state index contributed by atoms with van der Waals surface area (Å²) < 4.78 is 10.1. The van der Waals surface area contributed by atoms with E-state index in [4.69, 9.17) is 9.47 Å². The minimum atomic E-state index is -1.03. The van der Waals surface area contributed by atoms with Crippen molar-refractivity contribution in [1.29, 1.82) is 0 Å². The van der Waals surface area contributed by atoms with Crippen LogP contribution in [0.25, 0.3) is 0 Å². The van der Waals surface area contributed by atoms with Crippen LogP contribution in [0.4, 0.5) is 0 Å². The van der Waals surface area contributed by atoms with Gasteiger partial charge in [0.15, 0.2) is 0 Å². The average Bonchev–Trinajstić information content (AvgIpc) is 2.44. The molecule has 0 radical (unpaired) electrons. The summed E-state index contributed by atoms with van der Waals surface area (Å²) >= 11 is 0. The Kier molecular flexibility index (Phi) is 3.13. The predicted molar refractivity (Wildman–Crippen MR) is 49.3 cm³/mol. The maximum absolute atomic E-state index is 11.4. The van der Waals surface area contributed by atoms with Crippen LogP contribution in [-0.2, 0) is 19.1 Å². The van der Waals surface area contributed by atoms with Gasteiger partial charge in [0.1, 0.15) is 0 Å². The minimum Gasteiger partial charge on any atom is -0.423 e. The Balaban J connectivity index is 2.51. The van der Waals surface area contributed by atoms with Gasteiger partial charge in [-0.15, -0.1) is 0 Å². The smallest absolute Gasteiger partial charge is 0.311 e. The maximum atomic E-state index is 11.4. The molecule has 2 atom stereocenters. The van der Waals surface area contributed by atoms with Gasteiger partial charge >= 0.3 is 11.9 Å². The fraction of sp³-hybridized carbons (Fsp3) is 0.800. The average molecular weight is 200 g/mol. The number of hydrogen-bond donors (Lipinski definition) is 0. The van der Waals surface area contributed by atoms with Crippen molar-refractivity contribution in [3.8, 4) is 0 Å². The Morgan fingerprint density at radius 3 is 2.79 bits per heavy atom. The normalized spacial score (nSPS) is 28.4. The summed E-state index contributed by atoms with van der Waals surface area (Å²) in [6, 6.07) is 0. The van der Waals surface area contributed by atoms with Crippen molar-refractivity contribution >= 4 is 11.9 Å². The van der Waals surface area contributed by atoms with E-state index >= 15 is 0 Å². The first-order chi connectivity index (χ1) is 6.47. The van der Waals surface area contributed by atoms with E-state index in [1.54, 1.807) is 13.8 Å². The van der Waals surface area contributed by atoms with Gasteiger partial charge in [-0.1, -0.05) is 13.8 Å². The lowest BCUT2D eigenvalue weighted by atomic mass is 10.1. The highest BCUT2D eigenvalue weighted by molar-refractivity contribution is 5.75. The second-order valence-electron chi connectivity index (χ2n) is 3.84. The maximum Gasteiger partial charge on any atom is 0.311 e. The van der Waals surface area contributed by atoms with Crippen molar-refractivity contribution in [2.24, 2.45) is 5.92 Å². The van der Waals surface area contributed by atoms with Crippen LogP contribution in [0.2, 0.25) is 0 Å². The SMILES string of the molecule is CCC(C)C(=O)OC1(C)CCC(=O)O1. The summed E-state index contributed by atoms with van der Waals surface area (Å²) in [6.07, 6.45) is 1.50. The van der Waals surface area contributed by atoms with Gasteiger partial charge in [-0.2, -0.15) is 0 Å². The molecule has 0 N–H and O–H groups in total. The molecule has 0 aromatic carbocycles. The second kappa shape index (κ2) is 3.98. The van der Waals surface area contributed by atoms with Gasteiger partial charge in [-0.3, -0.25) is 9.59 Å². The van der Waals surface area contributed by atoms with Crippen molar-refractivity contribution in [3.05, 3.63) is 0 Å². The predicted octanol–water partition coefficient (Wildman–Crippen LogP) is 1.63. The van der Waals surface area contributed by atoms with E-state index in [0.29, 0.717) is 12.8 Å². The van der Waals surface area contributed by atoms with Gasteiger partial charge < -0.3 is 9.47 Å². The molecular weight excluding hydrogens is 184 g/mol. The number of carbonyl (C=O) groups excluding carboxylic acids is 2. The van der Waals surface area contributed by atoms with E-state index in [-0.39, 0.29) is 17.9 Å². The third kappa shape index (κ3) is 2.47. The molecule has 1 aliphatic heterocycles. The molecule has 1 aliphatic rings. The molecule has 1 rings (SSSR count). The molecule has 80 valence electrons. The molecule has 0 bridgehead atoms. The molecule has 2 unspecified atom stereocenters. The zero-order valence-corrected chi connectivity index (χ0v) is 8.83.